The first-order valence-electron chi connectivity index (χ1n) is 21.5. The molecule has 4 aliphatic rings. The molecule has 2 aromatic rings. The normalized spacial score (nSPS) is 26.4. The zero-order chi connectivity index (χ0) is 41.6. The summed E-state index contributed by atoms with van der Waals surface area (Å²) in [5.74, 6) is -0.294. The van der Waals surface area contributed by atoms with E-state index in [-0.39, 0.29) is 50.6 Å². The molecular weight excluding hydrogens is 753 g/mol. The van der Waals surface area contributed by atoms with Crippen LogP contribution in [0.15, 0.2) is 84.6 Å². The average molecular weight is 815 g/mol. The third-order valence-electron chi connectivity index (χ3n) is 11.9. The maximum atomic E-state index is 14.3. The highest BCUT2D eigenvalue weighted by Gasteiger charge is 2.65. The first-order valence-corrected chi connectivity index (χ1v) is 21.5. The molecule has 2 N–H and O–H groups in total. The van der Waals surface area contributed by atoms with Gasteiger partial charge in [0.1, 0.15) is 29.6 Å². The van der Waals surface area contributed by atoms with Gasteiger partial charge in [0, 0.05) is 49.6 Å². The first kappa shape index (κ1) is 44.1. The van der Waals surface area contributed by atoms with E-state index in [9.17, 15) is 19.8 Å². The van der Waals surface area contributed by atoms with Gasteiger partial charge in [-0.25, -0.2) is 4.79 Å². The molecule has 1 unspecified atom stereocenters. The number of carbonyl (C=O) groups is 2. The van der Waals surface area contributed by atoms with Gasteiger partial charge in [-0.1, -0.05) is 55.3 Å². The quantitative estimate of drug-likeness (QED) is 0.0512. The molecule has 2 heterocycles. The van der Waals surface area contributed by atoms with Gasteiger partial charge in [0.25, 0.3) is 0 Å². The maximum Gasteiger partial charge on any atom is 0.410 e. The van der Waals surface area contributed by atoms with Crippen molar-refractivity contribution < 1.29 is 48.3 Å². The van der Waals surface area contributed by atoms with Crippen LogP contribution in [-0.2, 0) is 19.0 Å². The molecule has 2 aromatic carbocycles. The minimum atomic E-state index is -1.41. The molecule has 7 atom stereocenters. The summed E-state index contributed by atoms with van der Waals surface area (Å²) >= 11 is 0. The number of aldehydes is 1. The molecule has 0 bridgehead atoms. The largest absolute Gasteiger partial charge is 0.459 e. The maximum absolute atomic E-state index is 14.3. The lowest BCUT2D eigenvalue weighted by atomic mass is 9.55. The number of benzene rings is 2. The van der Waals surface area contributed by atoms with Crippen LogP contribution in [0.2, 0.25) is 0 Å². The molecule has 6 rings (SSSR count). The Hall–Kier alpha value is -4.49. The fraction of sp³-hybridized carbons (Fsp3) is 0.553. The number of amides is 1. The van der Waals surface area contributed by atoms with Crippen molar-refractivity contribution in [3.63, 3.8) is 0 Å². The first-order chi connectivity index (χ1) is 28.9. The van der Waals surface area contributed by atoms with Crippen LogP contribution in [0, 0.1) is 17.8 Å². The van der Waals surface area contributed by atoms with Gasteiger partial charge in [0.2, 0.25) is 12.1 Å². The van der Waals surface area contributed by atoms with E-state index in [1.807, 2.05) is 31.2 Å². The van der Waals surface area contributed by atoms with Gasteiger partial charge >= 0.3 is 6.09 Å². The molecule has 0 spiro atoms. The summed E-state index contributed by atoms with van der Waals surface area (Å²) in [6.07, 6.45) is 14.2. The molecule has 1 saturated heterocycles. The highest BCUT2D eigenvalue weighted by atomic mass is 16.8. The zero-order valence-corrected chi connectivity index (χ0v) is 34.5. The Labute approximate surface area is 348 Å². The molecule has 320 valence electrons. The van der Waals surface area contributed by atoms with E-state index in [4.69, 9.17) is 33.7 Å². The van der Waals surface area contributed by atoms with E-state index in [1.165, 1.54) is 0 Å². The Balaban J connectivity index is 1.57. The number of fused-ring (bicyclic) bond motifs is 2. The van der Waals surface area contributed by atoms with Gasteiger partial charge in [0.05, 0.1) is 31.5 Å². The van der Waals surface area contributed by atoms with Crippen molar-refractivity contribution in [3.05, 3.63) is 90.6 Å². The smallest absolute Gasteiger partial charge is 0.410 e. The molecule has 1 amide bonds. The van der Waals surface area contributed by atoms with Crippen LogP contribution in [0.1, 0.15) is 106 Å². The summed E-state index contributed by atoms with van der Waals surface area (Å²) in [6, 6.07) is 12.1. The predicted molar refractivity (Wildman–Crippen MR) is 225 cm³/mol. The average Bonchev–Trinajstić information content (AvgIpc) is 3.26. The molecule has 59 heavy (non-hydrogen) atoms. The molecule has 2 aliphatic carbocycles. The topological polar surface area (TPSA) is 146 Å². The van der Waals surface area contributed by atoms with Crippen molar-refractivity contribution in [3.8, 4) is 17.2 Å². The zero-order valence-electron chi connectivity index (χ0n) is 34.5. The summed E-state index contributed by atoms with van der Waals surface area (Å²) < 4.78 is 32.6. The van der Waals surface area contributed by atoms with E-state index in [0.717, 1.165) is 62.4 Å². The highest BCUT2D eigenvalue weighted by molar-refractivity contribution is 6.03. The third-order valence-corrected chi connectivity index (χ3v) is 11.9. The second kappa shape index (κ2) is 21.7. The van der Waals surface area contributed by atoms with E-state index >= 15 is 0 Å². The number of allylic oxidation sites excluding steroid dienone is 1. The van der Waals surface area contributed by atoms with Crippen LogP contribution in [0.5, 0.6) is 17.2 Å². The number of hydrogen-bond donors (Lipinski definition) is 2. The van der Waals surface area contributed by atoms with Crippen molar-refractivity contribution in [2.45, 2.75) is 108 Å². The highest BCUT2D eigenvalue weighted by Crippen LogP contribution is 2.62. The number of carbonyl (C=O) groups excluding carboxylic acids is 2. The number of nitrogens with zero attached hydrogens (tertiary/aromatic N) is 2. The second-order valence-electron chi connectivity index (χ2n) is 15.9. The third kappa shape index (κ3) is 10.3. The van der Waals surface area contributed by atoms with E-state index in [2.05, 4.69) is 19.2 Å². The Bertz CT molecular complexity index is 1790. The van der Waals surface area contributed by atoms with E-state index in [0.29, 0.717) is 67.4 Å². The fourth-order valence-corrected chi connectivity index (χ4v) is 9.34. The Morgan fingerprint density at radius 2 is 1.85 bits per heavy atom. The molecule has 1 saturated carbocycles. The number of aliphatic hydroxyl groups is 2. The van der Waals surface area contributed by atoms with Gasteiger partial charge < -0.3 is 38.7 Å². The predicted octanol–water partition coefficient (Wildman–Crippen LogP) is 8.88. The van der Waals surface area contributed by atoms with Crippen LogP contribution >= 0.6 is 0 Å². The van der Waals surface area contributed by atoms with Crippen LogP contribution in [0.25, 0.3) is 0 Å². The van der Waals surface area contributed by atoms with Crippen LogP contribution in [0.3, 0.4) is 0 Å². The number of hydrogen-bond acceptors (Lipinski definition) is 11. The summed E-state index contributed by atoms with van der Waals surface area (Å²) in [5.41, 5.74) is 3.06. The molecule has 12 heteroatoms. The lowest BCUT2D eigenvalue weighted by Gasteiger charge is -2.60. The van der Waals surface area contributed by atoms with Crippen LogP contribution < -0.4 is 9.47 Å². The van der Waals surface area contributed by atoms with Gasteiger partial charge in [-0.3, -0.25) is 9.69 Å². The number of rotatable bonds is 22. The van der Waals surface area contributed by atoms with Crippen LogP contribution in [0.4, 0.5) is 4.79 Å². The number of aliphatic hydroxyl groups excluding tert-OH is 2. The number of unbranched alkanes of at least 4 members (excludes halogenated alkanes) is 2. The second-order valence-corrected chi connectivity index (χ2v) is 15.9. The van der Waals surface area contributed by atoms with Gasteiger partial charge in [-0.05, 0) is 99.1 Å². The minimum absolute atomic E-state index is 0.0405. The van der Waals surface area contributed by atoms with Crippen molar-refractivity contribution in [2.75, 3.05) is 39.6 Å². The van der Waals surface area contributed by atoms with Crippen molar-refractivity contribution in [1.29, 1.82) is 0 Å². The lowest BCUT2D eigenvalue weighted by Crippen LogP contribution is -2.70. The van der Waals surface area contributed by atoms with Gasteiger partial charge in [0.15, 0.2) is 0 Å². The summed E-state index contributed by atoms with van der Waals surface area (Å²) in [6.45, 7) is 11.3. The van der Waals surface area contributed by atoms with E-state index in [1.54, 1.807) is 35.3 Å². The molecule has 0 aromatic heterocycles. The van der Waals surface area contributed by atoms with Crippen molar-refractivity contribution >= 4 is 18.1 Å². The van der Waals surface area contributed by atoms with Crippen LogP contribution in [-0.4, -0.2) is 90.9 Å². The molecule has 0 radical (unpaired) electrons. The molecule has 2 fully saturated rings. The van der Waals surface area contributed by atoms with E-state index < -0.39 is 30.1 Å². The number of ether oxygens (including phenoxy) is 5. The lowest BCUT2D eigenvalue weighted by molar-refractivity contribution is -0.255. The van der Waals surface area contributed by atoms with Crippen molar-refractivity contribution in [2.24, 2.45) is 22.9 Å². The standard InChI is InChI=1S/C47H62N2O10/c1-4-7-26-55-46(53)49(22-5-2)42-31-40(48-59-43-19-10-13-27-54-43)38-29-34(16-8-11-23-50)37(18-9-12-24-51)44-39-30-36(57-35-17-14-15-33(28-35)32-52)20-21-41(39)58-47(42,45(38)44)56-25-6-3/h4,6,14-15,17,20-21,28-30,32,34,37,42-45,50-51H,1,3,5,7-13,16,18-19,22-27,31H2,2H3/t34-,37+,42-,43?,44+,45+,47+/m0/s1. The molecule has 12 nitrogen and oxygen atoms in total. The Morgan fingerprint density at radius 1 is 1.03 bits per heavy atom. The summed E-state index contributed by atoms with van der Waals surface area (Å²) in [5, 5.41) is 24.7. The molecule has 2 aliphatic heterocycles. The number of oxime groups is 1. The van der Waals surface area contributed by atoms with Gasteiger partial charge in [-0.15, -0.1) is 13.2 Å². The summed E-state index contributed by atoms with van der Waals surface area (Å²) in [7, 11) is 0. The minimum Gasteiger partial charge on any atom is -0.459 e. The Morgan fingerprint density at radius 3 is 2.58 bits per heavy atom. The SMILES string of the molecule is C=CCCOC(=O)N(CCC)[C@H]1CC(=NOC2CCCCO2)C2=C[C@H](CCCCO)[C@@H](CCCCO)[C@@H]3c4cc(Oc5cccc(C=O)c5)ccc4O[C@@]1(OCC=C)[C@H]23. The molecular formula is C47H62N2O10. The summed E-state index contributed by atoms with van der Waals surface area (Å²) in [4.78, 5) is 33.8. The monoisotopic (exact) mass is 814 g/mol. The van der Waals surface area contributed by atoms with Crippen molar-refractivity contribution in [1.82, 2.24) is 4.90 Å². The Kier molecular flexibility index (Phi) is 16.2. The fourth-order valence-electron chi connectivity index (χ4n) is 9.34. The van der Waals surface area contributed by atoms with Gasteiger partial charge in [-0.2, -0.15) is 0 Å².